The first kappa shape index (κ1) is 30.7. The summed E-state index contributed by atoms with van der Waals surface area (Å²) in [6.07, 6.45) is 0.213. The van der Waals surface area contributed by atoms with Crippen molar-refractivity contribution >= 4 is 23.1 Å². The van der Waals surface area contributed by atoms with Crippen LogP contribution < -0.4 is 34.7 Å². The standard InChI is InChI=1S/C30H32FN3O4.Na/c1-18(2)29-25(14-13-23(35)15-24(36)16-26(37)38)28(21-9-11-22(31)12-10-21)27-19(3)33-34(30(27)32-29)17-20-7-5-4-6-8-20;/h4-14,18,23-24,35-36H,15-17H2,1-3H3,(H,37,38);/q;+1/p-1/b14-13+;. The van der Waals surface area contributed by atoms with Crippen LogP contribution in [0.3, 0.4) is 0 Å². The molecular formula is C30H31FN3NaO4. The number of rotatable bonds is 10. The Morgan fingerprint density at radius 1 is 1.10 bits per heavy atom. The van der Waals surface area contributed by atoms with Gasteiger partial charge < -0.3 is 20.1 Å². The van der Waals surface area contributed by atoms with E-state index in [2.05, 4.69) is 0 Å². The molecule has 2 aromatic carbocycles. The zero-order chi connectivity index (χ0) is 27.4. The molecular weight excluding hydrogens is 508 g/mol. The molecule has 0 spiro atoms. The SMILES string of the molecule is Cc1nn(Cc2ccccc2)c2nc(C(C)C)c(/C=C/C(O)CC(O)CC(=O)[O-])c(-c3ccc(F)cc3)c12.[Na+]. The van der Waals surface area contributed by atoms with Gasteiger partial charge in [-0.15, -0.1) is 0 Å². The largest absolute Gasteiger partial charge is 1.00 e. The number of carboxylic acid groups (broad SMARTS) is 1. The predicted octanol–water partition coefficient (Wildman–Crippen LogP) is 0.987. The van der Waals surface area contributed by atoms with Crippen LogP contribution >= 0.6 is 0 Å². The van der Waals surface area contributed by atoms with Crippen LogP contribution in [0.4, 0.5) is 4.39 Å². The minimum absolute atomic E-state index is 0. The second-order valence-corrected chi connectivity index (χ2v) is 9.77. The molecule has 2 unspecified atom stereocenters. The number of aromatic nitrogens is 3. The third kappa shape index (κ3) is 7.41. The van der Waals surface area contributed by atoms with Crippen molar-refractivity contribution in [1.82, 2.24) is 14.8 Å². The molecule has 198 valence electrons. The van der Waals surface area contributed by atoms with Crippen LogP contribution in [0.5, 0.6) is 0 Å². The van der Waals surface area contributed by atoms with Gasteiger partial charge in [-0.1, -0.05) is 68.5 Å². The Morgan fingerprint density at radius 3 is 2.38 bits per heavy atom. The number of hydrogen-bond acceptors (Lipinski definition) is 6. The summed E-state index contributed by atoms with van der Waals surface area (Å²) in [4.78, 5) is 15.8. The Labute approximate surface area is 249 Å². The number of aliphatic carboxylic acids is 1. The summed E-state index contributed by atoms with van der Waals surface area (Å²) in [6.45, 7) is 6.48. The maximum Gasteiger partial charge on any atom is 1.00 e. The number of nitrogens with zero attached hydrogens (tertiary/aromatic N) is 3. The zero-order valence-corrected chi connectivity index (χ0v) is 24.6. The number of benzene rings is 2. The summed E-state index contributed by atoms with van der Waals surface area (Å²) in [6, 6.07) is 16.2. The number of carbonyl (C=O) groups is 1. The minimum atomic E-state index is -1.38. The van der Waals surface area contributed by atoms with E-state index >= 15 is 0 Å². The third-order valence-corrected chi connectivity index (χ3v) is 6.38. The Bertz CT molecular complexity index is 1450. The van der Waals surface area contributed by atoms with Crippen LogP contribution in [0.25, 0.3) is 28.2 Å². The van der Waals surface area contributed by atoms with E-state index in [0.29, 0.717) is 12.2 Å². The Hall–Kier alpha value is -2.88. The predicted molar refractivity (Wildman–Crippen MR) is 143 cm³/mol. The molecule has 0 fully saturated rings. The number of aryl methyl sites for hydroxylation is 1. The van der Waals surface area contributed by atoms with E-state index in [4.69, 9.17) is 10.1 Å². The van der Waals surface area contributed by atoms with Gasteiger partial charge in [0.05, 0.1) is 35.5 Å². The monoisotopic (exact) mass is 539 g/mol. The molecule has 7 nitrogen and oxygen atoms in total. The van der Waals surface area contributed by atoms with E-state index < -0.39 is 24.6 Å². The van der Waals surface area contributed by atoms with Crippen LogP contribution in [-0.4, -0.2) is 43.2 Å². The van der Waals surface area contributed by atoms with Crippen molar-refractivity contribution < 1.29 is 54.1 Å². The van der Waals surface area contributed by atoms with Gasteiger partial charge in [0.25, 0.3) is 0 Å². The van der Waals surface area contributed by atoms with Gasteiger partial charge in [-0.3, -0.25) is 0 Å². The second-order valence-electron chi connectivity index (χ2n) is 9.77. The zero-order valence-electron chi connectivity index (χ0n) is 22.6. The van der Waals surface area contributed by atoms with Gasteiger partial charge in [0.1, 0.15) is 5.82 Å². The number of aliphatic hydroxyl groups excluding tert-OH is 2. The molecule has 0 bridgehead atoms. The summed E-state index contributed by atoms with van der Waals surface area (Å²) in [5, 5.41) is 36.8. The van der Waals surface area contributed by atoms with Crippen LogP contribution in [-0.2, 0) is 11.3 Å². The molecule has 0 aliphatic carbocycles. The number of halogens is 1. The first-order chi connectivity index (χ1) is 18.1. The smallest absolute Gasteiger partial charge is 0.550 e. The molecule has 2 heterocycles. The van der Waals surface area contributed by atoms with Gasteiger partial charge >= 0.3 is 29.6 Å². The van der Waals surface area contributed by atoms with E-state index in [1.165, 1.54) is 18.2 Å². The van der Waals surface area contributed by atoms with E-state index in [1.54, 1.807) is 18.2 Å². The van der Waals surface area contributed by atoms with Crippen molar-refractivity contribution in [2.75, 3.05) is 0 Å². The molecule has 4 rings (SSSR count). The fourth-order valence-corrected chi connectivity index (χ4v) is 4.64. The van der Waals surface area contributed by atoms with Crippen molar-refractivity contribution in [2.24, 2.45) is 0 Å². The second kappa shape index (κ2) is 13.5. The molecule has 9 heteroatoms. The van der Waals surface area contributed by atoms with Gasteiger partial charge in [-0.2, -0.15) is 5.10 Å². The van der Waals surface area contributed by atoms with Crippen molar-refractivity contribution in [3.63, 3.8) is 0 Å². The summed E-state index contributed by atoms with van der Waals surface area (Å²) < 4.78 is 15.7. The van der Waals surface area contributed by atoms with E-state index in [9.17, 15) is 24.5 Å². The van der Waals surface area contributed by atoms with E-state index in [1.807, 2.05) is 55.8 Å². The van der Waals surface area contributed by atoms with Crippen molar-refractivity contribution in [3.05, 3.63) is 89.0 Å². The summed E-state index contributed by atoms with van der Waals surface area (Å²) in [7, 11) is 0. The van der Waals surface area contributed by atoms with Crippen molar-refractivity contribution in [2.45, 2.75) is 58.3 Å². The van der Waals surface area contributed by atoms with Crippen LogP contribution in [0.1, 0.15) is 55.1 Å². The number of aliphatic hydroxyl groups is 2. The quantitative estimate of drug-likeness (QED) is 0.291. The average Bonchev–Trinajstić information content (AvgIpc) is 3.17. The van der Waals surface area contributed by atoms with Gasteiger partial charge in [0.2, 0.25) is 0 Å². The first-order valence-corrected chi connectivity index (χ1v) is 12.6. The molecule has 0 saturated heterocycles. The molecule has 0 aliphatic heterocycles. The average molecular weight is 540 g/mol. The molecule has 2 atom stereocenters. The van der Waals surface area contributed by atoms with Gasteiger partial charge in [0, 0.05) is 29.9 Å². The van der Waals surface area contributed by atoms with Crippen LogP contribution in [0.15, 0.2) is 60.7 Å². The maximum atomic E-state index is 13.9. The van der Waals surface area contributed by atoms with Crippen LogP contribution in [0, 0.1) is 12.7 Å². The Balaban J connectivity index is 0.00000420. The van der Waals surface area contributed by atoms with Gasteiger partial charge in [-0.25, -0.2) is 14.1 Å². The van der Waals surface area contributed by atoms with Gasteiger partial charge in [0.15, 0.2) is 5.65 Å². The molecule has 2 N–H and O–H groups in total. The number of fused-ring (bicyclic) bond motifs is 1. The first-order valence-electron chi connectivity index (χ1n) is 12.6. The van der Waals surface area contributed by atoms with Crippen molar-refractivity contribution in [1.29, 1.82) is 0 Å². The molecule has 2 aromatic heterocycles. The topological polar surface area (TPSA) is 111 Å². The van der Waals surface area contributed by atoms with Crippen molar-refractivity contribution in [3.8, 4) is 11.1 Å². The van der Waals surface area contributed by atoms with E-state index in [-0.39, 0.29) is 47.7 Å². The van der Waals surface area contributed by atoms with Gasteiger partial charge in [-0.05, 0) is 36.1 Å². The Morgan fingerprint density at radius 2 is 1.77 bits per heavy atom. The molecule has 0 saturated carbocycles. The number of carbonyl (C=O) groups excluding carboxylic acids is 1. The third-order valence-electron chi connectivity index (χ3n) is 6.38. The number of pyridine rings is 1. The fourth-order valence-electron chi connectivity index (χ4n) is 4.64. The summed E-state index contributed by atoms with van der Waals surface area (Å²) >= 11 is 0. The summed E-state index contributed by atoms with van der Waals surface area (Å²) in [5.74, 6) is -1.74. The number of hydrogen-bond donors (Lipinski definition) is 2. The van der Waals surface area contributed by atoms with Crippen LogP contribution in [0.2, 0.25) is 0 Å². The fraction of sp³-hybridized carbons (Fsp3) is 0.300. The maximum absolute atomic E-state index is 13.9. The Kier molecular flexibility index (Phi) is 10.6. The molecule has 0 aliphatic rings. The molecule has 0 radical (unpaired) electrons. The molecule has 39 heavy (non-hydrogen) atoms. The molecule has 4 aromatic rings. The summed E-state index contributed by atoms with van der Waals surface area (Å²) in [5.41, 5.74) is 5.65. The van der Waals surface area contributed by atoms with E-state index in [0.717, 1.165) is 39.0 Å². The minimum Gasteiger partial charge on any atom is -0.550 e. The number of carboxylic acids is 1. The normalized spacial score (nSPS) is 13.1. The molecule has 0 amide bonds.